The number of aryl methyl sites for hydroxylation is 2. The minimum atomic E-state index is -3.61. The van der Waals surface area contributed by atoms with Crippen molar-refractivity contribution >= 4 is 32.4 Å². The third kappa shape index (κ3) is 4.37. The van der Waals surface area contributed by atoms with Gasteiger partial charge in [-0.15, -0.1) is 10.2 Å². The second-order valence-electron chi connectivity index (χ2n) is 5.24. The summed E-state index contributed by atoms with van der Waals surface area (Å²) in [5.41, 5.74) is 0.968. The lowest BCUT2D eigenvalue weighted by atomic mass is 10.1. The van der Waals surface area contributed by atoms with Crippen LogP contribution in [0.25, 0.3) is 0 Å². The van der Waals surface area contributed by atoms with Gasteiger partial charge in [0.25, 0.3) is 5.91 Å². The second kappa shape index (κ2) is 7.82. The Balaban J connectivity index is 2.20. The summed E-state index contributed by atoms with van der Waals surface area (Å²) in [5, 5.41) is 12.0. The maximum atomic E-state index is 12.4. The molecule has 9 heteroatoms. The van der Waals surface area contributed by atoms with Crippen LogP contribution < -0.4 is 10.0 Å². The molecule has 2 aromatic rings. The predicted molar refractivity (Wildman–Crippen MR) is 93.9 cm³/mol. The molecule has 0 unspecified atom stereocenters. The molecule has 1 aromatic carbocycles. The van der Waals surface area contributed by atoms with Crippen molar-refractivity contribution < 1.29 is 13.2 Å². The first-order chi connectivity index (χ1) is 11.4. The normalized spacial score (nSPS) is 11.5. The highest BCUT2D eigenvalue weighted by Crippen LogP contribution is 2.20. The van der Waals surface area contributed by atoms with E-state index in [-0.39, 0.29) is 10.5 Å². The van der Waals surface area contributed by atoms with E-state index in [1.807, 2.05) is 0 Å². The largest absolute Gasteiger partial charge is 0.296 e. The smallest absolute Gasteiger partial charge is 0.257 e. The Morgan fingerprint density at radius 2 is 2.04 bits per heavy atom. The fourth-order valence-electron chi connectivity index (χ4n) is 2.03. The van der Waals surface area contributed by atoms with Crippen LogP contribution in [0.3, 0.4) is 0 Å². The second-order valence-corrected chi connectivity index (χ2v) is 8.19. The molecule has 24 heavy (non-hydrogen) atoms. The van der Waals surface area contributed by atoms with E-state index in [0.29, 0.717) is 10.7 Å². The number of amides is 1. The maximum absolute atomic E-state index is 12.4. The number of carbonyl (C=O) groups is 1. The van der Waals surface area contributed by atoms with Gasteiger partial charge in [-0.05, 0) is 38.1 Å². The molecular weight excluding hydrogens is 348 g/mol. The number of carbonyl (C=O) groups excluding carboxylic acids is 1. The number of hydrogen-bond acceptors (Lipinski definition) is 6. The Morgan fingerprint density at radius 1 is 1.29 bits per heavy atom. The third-order valence-corrected chi connectivity index (χ3v) is 5.77. The zero-order valence-corrected chi connectivity index (χ0v) is 15.4. The van der Waals surface area contributed by atoms with Gasteiger partial charge < -0.3 is 0 Å². The highest BCUT2D eigenvalue weighted by atomic mass is 32.2. The summed E-state index contributed by atoms with van der Waals surface area (Å²) in [6.45, 7) is 3.84. The molecule has 0 saturated heterocycles. The number of nitrogens with zero attached hydrogens (tertiary/aromatic N) is 2. The first-order valence-corrected chi connectivity index (χ1v) is 9.85. The van der Waals surface area contributed by atoms with E-state index in [4.69, 9.17) is 0 Å². The van der Waals surface area contributed by atoms with E-state index >= 15 is 0 Å². The van der Waals surface area contributed by atoms with E-state index in [1.54, 1.807) is 13.0 Å². The van der Waals surface area contributed by atoms with Crippen LogP contribution in [0.15, 0.2) is 23.1 Å². The van der Waals surface area contributed by atoms with Crippen LogP contribution in [0.5, 0.6) is 0 Å². The number of sulfonamides is 1. The SMILES string of the molecule is CCCCc1nnc(NC(=O)c2cc(S(=O)(=O)NC)ccc2C)s1. The molecule has 0 spiro atoms. The van der Waals surface area contributed by atoms with Crippen LogP contribution >= 0.6 is 11.3 Å². The minimum absolute atomic E-state index is 0.0432. The van der Waals surface area contributed by atoms with Crippen molar-refractivity contribution in [3.63, 3.8) is 0 Å². The van der Waals surface area contributed by atoms with Crippen LogP contribution in [0, 0.1) is 6.92 Å². The van der Waals surface area contributed by atoms with Crippen molar-refractivity contribution in [2.24, 2.45) is 0 Å². The molecule has 2 rings (SSSR count). The van der Waals surface area contributed by atoms with Crippen LogP contribution in [0.1, 0.15) is 40.7 Å². The van der Waals surface area contributed by atoms with Crippen molar-refractivity contribution in [2.75, 3.05) is 12.4 Å². The molecule has 0 fully saturated rings. The van der Waals surface area contributed by atoms with Crippen molar-refractivity contribution in [3.8, 4) is 0 Å². The van der Waals surface area contributed by atoms with Crippen LogP contribution in [0.4, 0.5) is 5.13 Å². The molecule has 130 valence electrons. The van der Waals surface area contributed by atoms with Crippen molar-refractivity contribution in [1.82, 2.24) is 14.9 Å². The molecule has 2 N–H and O–H groups in total. The molecule has 0 aliphatic carbocycles. The van der Waals surface area contributed by atoms with Gasteiger partial charge in [0, 0.05) is 12.0 Å². The highest BCUT2D eigenvalue weighted by Gasteiger charge is 2.17. The van der Waals surface area contributed by atoms with Gasteiger partial charge in [-0.2, -0.15) is 0 Å². The first-order valence-electron chi connectivity index (χ1n) is 7.55. The lowest BCUT2D eigenvalue weighted by molar-refractivity contribution is 0.102. The van der Waals surface area contributed by atoms with Crippen molar-refractivity contribution in [3.05, 3.63) is 34.3 Å². The van der Waals surface area contributed by atoms with Gasteiger partial charge in [0.1, 0.15) is 5.01 Å². The van der Waals surface area contributed by atoms with E-state index in [2.05, 4.69) is 27.2 Å². The summed E-state index contributed by atoms with van der Waals surface area (Å²) < 4.78 is 26.0. The lowest BCUT2D eigenvalue weighted by Crippen LogP contribution is -2.20. The first kappa shape index (κ1) is 18.5. The van der Waals surface area contributed by atoms with E-state index in [9.17, 15) is 13.2 Å². The molecule has 0 aliphatic rings. The molecular formula is C15H20N4O3S2. The monoisotopic (exact) mass is 368 g/mol. The predicted octanol–water partition coefficient (Wildman–Crippen LogP) is 2.35. The summed E-state index contributed by atoms with van der Waals surface area (Å²) >= 11 is 1.33. The lowest BCUT2D eigenvalue weighted by Gasteiger charge is -2.08. The molecule has 0 radical (unpaired) electrons. The molecule has 0 saturated carbocycles. The molecule has 0 aliphatic heterocycles. The van der Waals surface area contributed by atoms with E-state index < -0.39 is 15.9 Å². The van der Waals surface area contributed by atoms with E-state index in [0.717, 1.165) is 24.3 Å². The molecule has 0 atom stereocenters. The van der Waals surface area contributed by atoms with Gasteiger partial charge in [-0.1, -0.05) is 30.7 Å². The summed E-state index contributed by atoms with van der Waals surface area (Å²) in [5.74, 6) is -0.404. The molecule has 7 nitrogen and oxygen atoms in total. The minimum Gasteiger partial charge on any atom is -0.296 e. The fourth-order valence-corrected chi connectivity index (χ4v) is 3.56. The summed E-state index contributed by atoms with van der Waals surface area (Å²) in [7, 11) is -2.28. The number of aromatic nitrogens is 2. The topological polar surface area (TPSA) is 101 Å². The van der Waals surface area contributed by atoms with Crippen LogP contribution in [-0.2, 0) is 16.4 Å². The number of unbranched alkanes of at least 4 members (excludes halogenated alkanes) is 1. The Kier molecular flexibility index (Phi) is 6.03. The molecule has 1 heterocycles. The zero-order valence-electron chi connectivity index (χ0n) is 13.8. The third-order valence-electron chi connectivity index (χ3n) is 3.46. The Hall–Kier alpha value is -1.84. The number of rotatable bonds is 7. The van der Waals surface area contributed by atoms with E-state index in [1.165, 1.54) is 30.5 Å². The van der Waals surface area contributed by atoms with Gasteiger partial charge in [0.15, 0.2) is 0 Å². The summed E-state index contributed by atoms with van der Waals surface area (Å²) in [4.78, 5) is 12.5. The Labute approximate surface area is 145 Å². The molecule has 1 aromatic heterocycles. The van der Waals surface area contributed by atoms with Gasteiger partial charge in [0.05, 0.1) is 4.90 Å². The van der Waals surface area contributed by atoms with Gasteiger partial charge in [0.2, 0.25) is 15.2 Å². The average Bonchev–Trinajstić information content (AvgIpc) is 3.00. The summed E-state index contributed by atoms with van der Waals surface area (Å²) in [6.07, 6.45) is 2.91. The average molecular weight is 368 g/mol. The Morgan fingerprint density at radius 3 is 2.71 bits per heavy atom. The van der Waals surface area contributed by atoms with Gasteiger partial charge >= 0.3 is 0 Å². The van der Waals surface area contributed by atoms with Crippen LogP contribution in [0.2, 0.25) is 0 Å². The summed E-state index contributed by atoms with van der Waals surface area (Å²) in [6, 6.07) is 4.42. The number of nitrogens with one attached hydrogen (secondary N) is 2. The van der Waals surface area contributed by atoms with Crippen molar-refractivity contribution in [2.45, 2.75) is 38.0 Å². The van der Waals surface area contributed by atoms with Crippen LogP contribution in [-0.4, -0.2) is 31.6 Å². The number of hydrogen-bond donors (Lipinski definition) is 2. The van der Waals surface area contributed by atoms with Gasteiger partial charge in [-0.25, -0.2) is 13.1 Å². The molecule has 1 amide bonds. The van der Waals surface area contributed by atoms with Crippen molar-refractivity contribution in [1.29, 1.82) is 0 Å². The van der Waals surface area contributed by atoms with Gasteiger partial charge in [-0.3, -0.25) is 10.1 Å². The standard InChI is InChI=1S/C15H20N4O3S2/c1-4-5-6-13-18-19-15(23-13)17-14(20)12-9-11(8-7-10(12)2)24(21,22)16-3/h7-9,16H,4-6H2,1-3H3,(H,17,19,20). The fraction of sp³-hybridized carbons (Fsp3) is 0.400. The number of anilines is 1. The zero-order chi connectivity index (χ0) is 17.7. The Bertz CT molecular complexity index is 831. The maximum Gasteiger partial charge on any atom is 0.257 e. The molecule has 0 bridgehead atoms. The highest BCUT2D eigenvalue weighted by molar-refractivity contribution is 7.89. The number of benzene rings is 1. The quantitative estimate of drug-likeness (QED) is 0.781.